The zero-order valence-corrected chi connectivity index (χ0v) is 6.15. The van der Waals surface area contributed by atoms with Gasteiger partial charge in [-0.2, -0.15) is 17.7 Å². The Morgan fingerprint density at radius 2 is 2.60 bits per heavy atom. The number of rotatable bonds is 0. The Hall–Kier alpha value is -1.08. The monoisotopic (exact) mass is 153 g/mol. The summed E-state index contributed by atoms with van der Waals surface area (Å²) < 4.78 is 0. The molecule has 0 bridgehead atoms. The van der Waals surface area contributed by atoms with Gasteiger partial charge >= 0.3 is 0 Å². The van der Waals surface area contributed by atoms with Gasteiger partial charge in [-0.1, -0.05) is 5.92 Å². The van der Waals surface area contributed by atoms with Gasteiger partial charge < -0.3 is 5.73 Å². The molecule has 3 nitrogen and oxygen atoms in total. The fourth-order valence-corrected chi connectivity index (χ4v) is 0.615. The van der Waals surface area contributed by atoms with Crippen molar-refractivity contribution >= 4 is 18.4 Å². The van der Waals surface area contributed by atoms with Crippen LogP contribution in [0.25, 0.3) is 0 Å². The molecule has 0 aliphatic rings. The first-order valence-corrected chi connectivity index (χ1v) is 3.37. The van der Waals surface area contributed by atoms with Crippen LogP contribution in [0.4, 0.5) is 5.82 Å². The van der Waals surface area contributed by atoms with Crippen LogP contribution in [-0.2, 0) is 0 Å². The molecular formula is C6H7N3S. The van der Waals surface area contributed by atoms with Gasteiger partial charge in [0.15, 0.2) is 0 Å². The van der Waals surface area contributed by atoms with Crippen molar-refractivity contribution in [2.75, 3.05) is 11.5 Å². The standard InChI is InChI=1S/C6H7N3S/c7-6-4-5(8-9-6)2-1-3-10/h4,10H,3H2,(H3,7,8,9). The highest BCUT2D eigenvalue weighted by molar-refractivity contribution is 7.80. The van der Waals surface area contributed by atoms with Crippen molar-refractivity contribution in [2.45, 2.75) is 0 Å². The maximum Gasteiger partial charge on any atom is 0.146 e. The van der Waals surface area contributed by atoms with Crippen molar-refractivity contribution in [2.24, 2.45) is 0 Å². The Balaban J connectivity index is 2.76. The van der Waals surface area contributed by atoms with Crippen LogP contribution >= 0.6 is 12.6 Å². The Bertz CT molecular complexity index is 268. The lowest BCUT2D eigenvalue weighted by atomic mass is 10.4. The molecule has 0 saturated carbocycles. The molecule has 3 N–H and O–H groups in total. The van der Waals surface area contributed by atoms with Gasteiger partial charge in [0.05, 0.1) is 5.75 Å². The number of nitrogens with one attached hydrogen (secondary N) is 1. The van der Waals surface area contributed by atoms with Crippen LogP contribution in [0.3, 0.4) is 0 Å². The highest BCUT2D eigenvalue weighted by Gasteiger charge is 1.89. The van der Waals surface area contributed by atoms with Crippen LogP contribution in [0, 0.1) is 11.8 Å². The number of thiol groups is 1. The second-order valence-electron chi connectivity index (χ2n) is 1.67. The van der Waals surface area contributed by atoms with Crippen molar-refractivity contribution in [1.29, 1.82) is 0 Å². The molecule has 0 fully saturated rings. The van der Waals surface area contributed by atoms with Crippen LogP contribution in [0.2, 0.25) is 0 Å². The van der Waals surface area contributed by atoms with Gasteiger partial charge in [0.25, 0.3) is 0 Å². The molecule has 0 aliphatic carbocycles. The minimum Gasteiger partial charge on any atom is -0.382 e. The molecule has 0 aromatic carbocycles. The fourth-order valence-electron chi connectivity index (χ4n) is 0.536. The Kier molecular flexibility index (Phi) is 2.24. The number of hydrogen-bond acceptors (Lipinski definition) is 3. The first kappa shape index (κ1) is 7.03. The van der Waals surface area contributed by atoms with E-state index in [0.29, 0.717) is 11.6 Å². The molecular weight excluding hydrogens is 146 g/mol. The van der Waals surface area contributed by atoms with Crippen LogP contribution in [-0.4, -0.2) is 16.0 Å². The van der Waals surface area contributed by atoms with E-state index in [4.69, 9.17) is 5.73 Å². The average Bonchev–Trinajstić information content (AvgIpc) is 2.31. The van der Waals surface area contributed by atoms with E-state index in [9.17, 15) is 0 Å². The summed E-state index contributed by atoms with van der Waals surface area (Å²) in [5.74, 6) is 6.56. The lowest BCUT2D eigenvalue weighted by Gasteiger charge is -1.73. The third kappa shape index (κ3) is 1.71. The lowest BCUT2D eigenvalue weighted by molar-refractivity contribution is 1.08. The quantitative estimate of drug-likeness (QED) is 0.370. The van der Waals surface area contributed by atoms with Gasteiger partial charge in [0.1, 0.15) is 11.5 Å². The van der Waals surface area contributed by atoms with Crippen molar-refractivity contribution in [1.82, 2.24) is 10.2 Å². The summed E-state index contributed by atoms with van der Waals surface area (Å²) in [6.07, 6.45) is 0. The maximum atomic E-state index is 5.32. The van der Waals surface area contributed by atoms with E-state index in [2.05, 4.69) is 34.7 Å². The van der Waals surface area contributed by atoms with E-state index in [1.807, 2.05) is 0 Å². The number of aromatic nitrogens is 2. The summed E-state index contributed by atoms with van der Waals surface area (Å²) in [5.41, 5.74) is 6.05. The summed E-state index contributed by atoms with van der Waals surface area (Å²) in [4.78, 5) is 0. The molecule has 10 heavy (non-hydrogen) atoms. The Morgan fingerprint density at radius 1 is 1.80 bits per heavy atom. The molecule has 1 heterocycles. The smallest absolute Gasteiger partial charge is 0.146 e. The molecule has 0 atom stereocenters. The molecule has 52 valence electrons. The number of aromatic amines is 1. The van der Waals surface area contributed by atoms with E-state index >= 15 is 0 Å². The Labute approximate surface area is 64.4 Å². The first-order chi connectivity index (χ1) is 4.83. The van der Waals surface area contributed by atoms with Gasteiger partial charge in [-0.3, -0.25) is 5.10 Å². The number of nitrogens with zero attached hydrogens (tertiary/aromatic N) is 1. The minimum absolute atomic E-state index is 0.462. The average molecular weight is 153 g/mol. The van der Waals surface area contributed by atoms with E-state index in [0.717, 1.165) is 5.69 Å². The molecule has 0 amide bonds. The molecule has 0 radical (unpaired) electrons. The fraction of sp³-hybridized carbons (Fsp3) is 0.167. The number of hydrogen-bond donors (Lipinski definition) is 3. The summed E-state index contributed by atoms with van der Waals surface area (Å²) in [5, 5.41) is 6.35. The number of anilines is 1. The highest BCUT2D eigenvalue weighted by atomic mass is 32.1. The minimum atomic E-state index is 0.462. The molecule has 4 heteroatoms. The van der Waals surface area contributed by atoms with Gasteiger partial charge in [-0.15, -0.1) is 0 Å². The van der Waals surface area contributed by atoms with Gasteiger partial charge in [0, 0.05) is 6.07 Å². The molecule has 1 aromatic rings. The summed E-state index contributed by atoms with van der Waals surface area (Å²) in [6, 6.07) is 1.68. The lowest BCUT2D eigenvalue weighted by Crippen LogP contribution is -1.81. The third-order valence-electron chi connectivity index (χ3n) is 0.900. The highest BCUT2D eigenvalue weighted by Crippen LogP contribution is 1.96. The predicted octanol–water partition coefficient (Wildman–Crippen LogP) is 0.273. The molecule has 0 saturated heterocycles. The maximum absolute atomic E-state index is 5.32. The van der Waals surface area contributed by atoms with Crippen molar-refractivity contribution < 1.29 is 0 Å². The van der Waals surface area contributed by atoms with E-state index in [1.54, 1.807) is 6.07 Å². The zero-order chi connectivity index (χ0) is 7.40. The van der Waals surface area contributed by atoms with Crippen molar-refractivity contribution in [3.63, 3.8) is 0 Å². The summed E-state index contributed by atoms with van der Waals surface area (Å²) >= 11 is 3.92. The largest absolute Gasteiger partial charge is 0.382 e. The summed E-state index contributed by atoms with van der Waals surface area (Å²) in [7, 11) is 0. The second kappa shape index (κ2) is 3.18. The van der Waals surface area contributed by atoms with Gasteiger partial charge in [-0.05, 0) is 5.92 Å². The molecule has 0 spiro atoms. The Morgan fingerprint density at radius 3 is 3.10 bits per heavy atom. The van der Waals surface area contributed by atoms with Gasteiger partial charge in [-0.25, -0.2) is 0 Å². The number of nitrogens with two attached hydrogens (primary N) is 1. The van der Waals surface area contributed by atoms with Crippen LogP contribution < -0.4 is 5.73 Å². The topological polar surface area (TPSA) is 54.7 Å². The zero-order valence-electron chi connectivity index (χ0n) is 5.26. The SMILES string of the molecule is Nc1cc(C#CCS)[nH]n1. The number of nitrogen functional groups attached to an aromatic ring is 1. The molecule has 0 aliphatic heterocycles. The van der Waals surface area contributed by atoms with E-state index in [1.165, 1.54) is 0 Å². The van der Waals surface area contributed by atoms with Crippen molar-refractivity contribution in [3.05, 3.63) is 11.8 Å². The van der Waals surface area contributed by atoms with Gasteiger partial charge in [0.2, 0.25) is 0 Å². The first-order valence-electron chi connectivity index (χ1n) is 2.73. The second-order valence-corrected chi connectivity index (χ2v) is 1.98. The van der Waals surface area contributed by atoms with E-state index < -0.39 is 0 Å². The number of H-pyrrole nitrogens is 1. The molecule has 1 aromatic heterocycles. The van der Waals surface area contributed by atoms with Crippen molar-refractivity contribution in [3.8, 4) is 11.8 Å². The van der Waals surface area contributed by atoms with Crippen LogP contribution in [0.1, 0.15) is 5.69 Å². The third-order valence-corrected chi connectivity index (χ3v) is 1.06. The van der Waals surface area contributed by atoms with Crippen LogP contribution in [0.5, 0.6) is 0 Å². The predicted molar refractivity (Wildman–Crippen MR) is 43.7 cm³/mol. The summed E-state index contributed by atoms with van der Waals surface area (Å²) in [6.45, 7) is 0. The van der Waals surface area contributed by atoms with Crippen LogP contribution in [0.15, 0.2) is 6.07 Å². The normalized spacial score (nSPS) is 8.50. The molecule has 1 rings (SSSR count). The van der Waals surface area contributed by atoms with E-state index in [-0.39, 0.29) is 0 Å². The molecule has 0 unspecified atom stereocenters.